The van der Waals surface area contributed by atoms with Crippen molar-refractivity contribution < 1.29 is 5.11 Å². The third-order valence-corrected chi connectivity index (χ3v) is 4.19. The van der Waals surface area contributed by atoms with E-state index in [0.29, 0.717) is 12.8 Å². The smallest absolute Gasteiger partial charge is 0.137 e. The van der Waals surface area contributed by atoms with Crippen molar-refractivity contribution in [2.45, 2.75) is 32.8 Å². The lowest BCUT2D eigenvalue weighted by atomic mass is 10.1. The first-order valence-corrected chi connectivity index (χ1v) is 7.87. The highest BCUT2D eigenvalue weighted by atomic mass is 35.5. The van der Waals surface area contributed by atoms with Crippen molar-refractivity contribution in [3.8, 4) is 0 Å². The van der Waals surface area contributed by atoms with Gasteiger partial charge in [0.15, 0.2) is 0 Å². The molecule has 0 fully saturated rings. The zero-order valence-corrected chi connectivity index (χ0v) is 13.5. The van der Waals surface area contributed by atoms with Gasteiger partial charge in [-0.3, -0.25) is 4.40 Å². The highest BCUT2D eigenvalue weighted by molar-refractivity contribution is 6.30. The Hall–Kier alpha value is -1.84. The zero-order chi connectivity index (χ0) is 15.7. The molecule has 3 aromatic rings. The molecule has 0 aliphatic rings. The summed E-state index contributed by atoms with van der Waals surface area (Å²) in [6, 6.07) is 13.8. The third-order valence-electron chi connectivity index (χ3n) is 3.94. The van der Waals surface area contributed by atoms with Gasteiger partial charge >= 0.3 is 0 Å². The summed E-state index contributed by atoms with van der Waals surface area (Å²) in [7, 11) is 0. The molecule has 114 valence electrons. The van der Waals surface area contributed by atoms with E-state index in [0.717, 1.165) is 33.3 Å². The Balaban J connectivity index is 2.12. The number of hydrogen-bond donors (Lipinski definition) is 1. The van der Waals surface area contributed by atoms with Gasteiger partial charge in [-0.25, -0.2) is 4.98 Å². The number of imidazole rings is 1. The molecule has 0 spiro atoms. The van der Waals surface area contributed by atoms with E-state index in [1.54, 1.807) is 0 Å². The average molecular weight is 315 g/mol. The average Bonchev–Trinajstić information content (AvgIpc) is 2.88. The highest BCUT2D eigenvalue weighted by Crippen LogP contribution is 2.26. The van der Waals surface area contributed by atoms with Gasteiger partial charge in [0.25, 0.3) is 0 Å². The number of nitrogens with zero attached hydrogens (tertiary/aromatic N) is 2. The fraction of sp³-hybridized carbons (Fsp3) is 0.278. The molecule has 0 saturated carbocycles. The molecule has 0 bridgehead atoms. The Morgan fingerprint density at radius 2 is 1.91 bits per heavy atom. The number of hydrogen-bond acceptors (Lipinski definition) is 2. The van der Waals surface area contributed by atoms with Crippen molar-refractivity contribution in [3.63, 3.8) is 0 Å². The van der Waals surface area contributed by atoms with Gasteiger partial charge in [0.05, 0.1) is 17.5 Å². The first kappa shape index (κ1) is 15.1. The topological polar surface area (TPSA) is 37.5 Å². The molecule has 2 aromatic heterocycles. The number of halogens is 1. The lowest BCUT2D eigenvalue weighted by molar-refractivity contribution is 0.166. The van der Waals surface area contributed by atoms with Crippen LogP contribution in [0.4, 0.5) is 0 Å². The SMILES string of the molecule is CCC(O)c1c(Cc2ccc(Cl)cc2)nc2cccc(C)n12. The fourth-order valence-corrected chi connectivity index (χ4v) is 2.91. The Morgan fingerprint density at radius 3 is 2.59 bits per heavy atom. The molecule has 1 unspecified atom stereocenters. The number of aryl methyl sites for hydroxylation is 1. The summed E-state index contributed by atoms with van der Waals surface area (Å²) in [5.74, 6) is 0. The van der Waals surface area contributed by atoms with E-state index in [4.69, 9.17) is 16.6 Å². The van der Waals surface area contributed by atoms with Crippen LogP contribution < -0.4 is 0 Å². The standard InChI is InChI=1S/C18H19ClN2O/c1-3-16(22)18-15(11-13-7-9-14(19)10-8-13)20-17-6-4-5-12(2)21(17)18/h4-10,16,22H,3,11H2,1-2H3. The van der Waals surface area contributed by atoms with Gasteiger partial charge in [0, 0.05) is 17.1 Å². The molecule has 0 saturated heterocycles. The number of fused-ring (bicyclic) bond motifs is 1. The summed E-state index contributed by atoms with van der Waals surface area (Å²) in [4.78, 5) is 4.73. The van der Waals surface area contributed by atoms with Crippen molar-refractivity contribution in [2.24, 2.45) is 0 Å². The summed E-state index contributed by atoms with van der Waals surface area (Å²) < 4.78 is 2.05. The molecule has 3 rings (SSSR count). The van der Waals surface area contributed by atoms with Crippen molar-refractivity contribution in [3.05, 3.63) is 70.1 Å². The van der Waals surface area contributed by atoms with Gasteiger partial charge in [-0.2, -0.15) is 0 Å². The van der Waals surface area contributed by atoms with Crippen molar-refractivity contribution in [1.82, 2.24) is 9.38 Å². The summed E-state index contributed by atoms with van der Waals surface area (Å²) in [5, 5.41) is 11.2. The van der Waals surface area contributed by atoms with Crippen LogP contribution in [0.25, 0.3) is 5.65 Å². The van der Waals surface area contributed by atoms with Crippen LogP contribution >= 0.6 is 11.6 Å². The Labute approximate surface area is 135 Å². The predicted molar refractivity (Wildman–Crippen MR) is 89.4 cm³/mol. The van der Waals surface area contributed by atoms with Gasteiger partial charge in [-0.1, -0.05) is 36.7 Å². The monoisotopic (exact) mass is 314 g/mol. The molecule has 1 aromatic carbocycles. The molecule has 0 radical (unpaired) electrons. The van der Waals surface area contributed by atoms with E-state index in [2.05, 4.69) is 4.40 Å². The Kier molecular flexibility index (Phi) is 4.19. The number of aliphatic hydroxyl groups excluding tert-OH is 1. The summed E-state index contributed by atoms with van der Waals surface area (Å²) in [5.41, 5.74) is 4.91. The summed E-state index contributed by atoms with van der Waals surface area (Å²) in [6.45, 7) is 4.01. The van der Waals surface area contributed by atoms with Crippen LogP contribution in [0.1, 0.15) is 42.1 Å². The van der Waals surface area contributed by atoms with Crippen LogP contribution in [0.15, 0.2) is 42.5 Å². The van der Waals surface area contributed by atoms with E-state index in [1.165, 1.54) is 0 Å². The Morgan fingerprint density at radius 1 is 1.18 bits per heavy atom. The second kappa shape index (κ2) is 6.11. The van der Waals surface area contributed by atoms with Crippen LogP contribution in [0.2, 0.25) is 5.02 Å². The first-order chi connectivity index (χ1) is 10.6. The maximum atomic E-state index is 10.5. The van der Waals surface area contributed by atoms with Crippen LogP contribution in [-0.4, -0.2) is 14.5 Å². The molecule has 3 nitrogen and oxygen atoms in total. The van der Waals surface area contributed by atoms with Crippen molar-refractivity contribution in [1.29, 1.82) is 0 Å². The van der Waals surface area contributed by atoms with Gasteiger partial charge in [-0.15, -0.1) is 0 Å². The third kappa shape index (κ3) is 2.74. The zero-order valence-electron chi connectivity index (χ0n) is 12.8. The van der Waals surface area contributed by atoms with Crippen molar-refractivity contribution >= 4 is 17.2 Å². The highest BCUT2D eigenvalue weighted by Gasteiger charge is 2.19. The molecule has 0 amide bonds. The molecule has 1 atom stereocenters. The largest absolute Gasteiger partial charge is 0.387 e. The molecule has 0 aliphatic carbocycles. The van der Waals surface area contributed by atoms with E-state index >= 15 is 0 Å². The molecular weight excluding hydrogens is 296 g/mol. The first-order valence-electron chi connectivity index (χ1n) is 7.49. The summed E-state index contributed by atoms with van der Waals surface area (Å²) >= 11 is 5.94. The quantitative estimate of drug-likeness (QED) is 0.778. The molecule has 0 aliphatic heterocycles. The molecule has 4 heteroatoms. The van der Waals surface area contributed by atoms with E-state index in [9.17, 15) is 5.11 Å². The lowest BCUT2D eigenvalue weighted by Crippen LogP contribution is -2.06. The molecule has 22 heavy (non-hydrogen) atoms. The number of aromatic nitrogens is 2. The normalized spacial score (nSPS) is 12.7. The maximum Gasteiger partial charge on any atom is 0.137 e. The van der Waals surface area contributed by atoms with Crippen LogP contribution in [0.5, 0.6) is 0 Å². The molecular formula is C18H19ClN2O. The number of pyridine rings is 1. The van der Waals surface area contributed by atoms with E-state index in [-0.39, 0.29) is 0 Å². The molecule has 2 heterocycles. The maximum absolute atomic E-state index is 10.5. The second-order valence-electron chi connectivity index (χ2n) is 5.53. The second-order valence-corrected chi connectivity index (χ2v) is 5.97. The van der Waals surface area contributed by atoms with Gasteiger partial charge in [0.1, 0.15) is 5.65 Å². The van der Waals surface area contributed by atoms with Crippen LogP contribution in [-0.2, 0) is 6.42 Å². The summed E-state index contributed by atoms with van der Waals surface area (Å²) in [6.07, 6.45) is 0.832. The van der Waals surface area contributed by atoms with Gasteiger partial charge in [0.2, 0.25) is 0 Å². The van der Waals surface area contributed by atoms with Gasteiger partial charge in [-0.05, 0) is 43.2 Å². The lowest BCUT2D eigenvalue weighted by Gasteiger charge is -2.12. The number of benzene rings is 1. The minimum atomic E-state index is -0.515. The van der Waals surface area contributed by atoms with E-state index in [1.807, 2.05) is 56.3 Å². The minimum Gasteiger partial charge on any atom is -0.387 e. The van der Waals surface area contributed by atoms with Crippen LogP contribution in [0.3, 0.4) is 0 Å². The fourth-order valence-electron chi connectivity index (χ4n) is 2.79. The van der Waals surface area contributed by atoms with Crippen molar-refractivity contribution in [2.75, 3.05) is 0 Å². The number of aliphatic hydroxyl groups is 1. The Bertz CT molecular complexity index is 793. The number of rotatable bonds is 4. The van der Waals surface area contributed by atoms with E-state index < -0.39 is 6.10 Å². The van der Waals surface area contributed by atoms with Crippen LogP contribution in [0, 0.1) is 6.92 Å². The van der Waals surface area contributed by atoms with Gasteiger partial charge < -0.3 is 5.11 Å². The molecule has 1 N–H and O–H groups in total. The predicted octanol–water partition coefficient (Wildman–Crippen LogP) is 4.33. The minimum absolute atomic E-state index is 0.515.